The minimum Gasteiger partial charge on any atom is -0.363 e. The lowest BCUT2D eigenvalue weighted by atomic mass is 10.1. The molecule has 0 aromatic rings. The Bertz CT molecular complexity index is 158. The van der Waals surface area contributed by atoms with Crippen molar-refractivity contribution in [1.82, 2.24) is 5.32 Å². The summed E-state index contributed by atoms with van der Waals surface area (Å²) in [4.78, 5) is 21.3. The molecule has 1 atom stereocenters. The second-order valence-electron chi connectivity index (χ2n) is 2.36. The molecule has 0 aromatic heterocycles. The van der Waals surface area contributed by atoms with Crippen molar-refractivity contribution in [3.8, 4) is 0 Å². The van der Waals surface area contributed by atoms with Crippen molar-refractivity contribution in [2.45, 2.75) is 39.7 Å². The number of nitrogens with two attached hydrogens (primary N) is 1. The molecule has 13 heavy (non-hydrogen) atoms. The van der Waals surface area contributed by atoms with Crippen LogP contribution in [0.4, 0.5) is 0 Å². The molecule has 0 saturated heterocycles. The van der Waals surface area contributed by atoms with Gasteiger partial charge < -0.3 is 11.1 Å². The molecule has 0 radical (unpaired) electrons. The number of rotatable bonds is 5. The van der Waals surface area contributed by atoms with Gasteiger partial charge in [0.15, 0.2) is 0 Å². The van der Waals surface area contributed by atoms with Crippen LogP contribution in [0.1, 0.15) is 33.6 Å². The molecule has 0 spiro atoms. The third-order valence-corrected chi connectivity index (χ3v) is 1.49. The highest BCUT2D eigenvalue weighted by Crippen LogP contribution is 1.96. The maximum atomic E-state index is 10.9. The van der Waals surface area contributed by atoms with Gasteiger partial charge in [-0.25, -0.2) is 0 Å². The Morgan fingerprint density at radius 2 is 1.85 bits per heavy atom. The standard InChI is InChI=1S/C7H14N2O2.C2H6/c1-3-4-5(9-2)6(10)7(8)11;1-2/h5,9H,3-4H2,1-2H3,(H2,8,11);1-2H3. The summed E-state index contributed by atoms with van der Waals surface area (Å²) in [6.45, 7) is 5.94. The van der Waals surface area contributed by atoms with Gasteiger partial charge in [-0.1, -0.05) is 27.2 Å². The second kappa shape index (κ2) is 9.19. The lowest BCUT2D eigenvalue weighted by Gasteiger charge is -2.10. The van der Waals surface area contributed by atoms with Gasteiger partial charge in [0, 0.05) is 0 Å². The second-order valence-corrected chi connectivity index (χ2v) is 2.36. The fraction of sp³-hybridized carbons (Fsp3) is 0.778. The van der Waals surface area contributed by atoms with Crippen molar-refractivity contribution in [2.75, 3.05) is 7.05 Å². The van der Waals surface area contributed by atoms with Gasteiger partial charge in [0.1, 0.15) is 0 Å². The van der Waals surface area contributed by atoms with E-state index in [-0.39, 0.29) is 0 Å². The average Bonchev–Trinajstić information content (AvgIpc) is 2.16. The molecule has 0 aliphatic heterocycles. The Balaban J connectivity index is 0. The fourth-order valence-electron chi connectivity index (χ4n) is 0.867. The molecule has 1 unspecified atom stereocenters. The number of hydrogen-bond acceptors (Lipinski definition) is 3. The van der Waals surface area contributed by atoms with Gasteiger partial charge >= 0.3 is 0 Å². The molecule has 0 fully saturated rings. The molecule has 0 aliphatic rings. The Labute approximate surface area is 79.9 Å². The Hall–Kier alpha value is -0.900. The Morgan fingerprint density at radius 1 is 1.38 bits per heavy atom. The number of hydrogen-bond donors (Lipinski definition) is 2. The van der Waals surface area contributed by atoms with E-state index in [1.165, 1.54) is 0 Å². The first-order valence-corrected chi connectivity index (χ1v) is 4.64. The van der Waals surface area contributed by atoms with E-state index in [9.17, 15) is 9.59 Å². The zero-order valence-corrected chi connectivity index (χ0v) is 8.89. The van der Waals surface area contributed by atoms with Crippen molar-refractivity contribution in [2.24, 2.45) is 5.73 Å². The molecule has 4 nitrogen and oxygen atoms in total. The topological polar surface area (TPSA) is 72.2 Å². The summed E-state index contributed by atoms with van der Waals surface area (Å²) < 4.78 is 0. The zero-order valence-electron chi connectivity index (χ0n) is 8.89. The van der Waals surface area contributed by atoms with Crippen LogP contribution in [-0.4, -0.2) is 24.8 Å². The van der Waals surface area contributed by atoms with Crippen molar-refractivity contribution in [3.05, 3.63) is 0 Å². The van der Waals surface area contributed by atoms with Crippen LogP contribution in [0, 0.1) is 0 Å². The van der Waals surface area contributed by atoms with E-state index in [4.69, 9.17) is 5.73 Å². The van der Waals surface area contributed by atoms with E-state index < -0.39 is 17.7 Å². The largest absolute Gasteiger partial charge is 0.363 e. The van der Waals surface area contributed by atoms with E-state index in [0.29, 0.717) is 6.42 Å². The SMILES string of the molecule is CC.CCCC(NC)C(=O)C(N)=O. The number of primary amides is 1. The van der Waals surface area contributed by atoms with Gasteiger partial charge in [-0.3, -0.25) is 9.59 Å². The van der Waals surface area contributed by atoms with Crippen molar-refractivity contribution < 1.29 is 9.59 Å². The number of nitrogens with one attached hydrogen (secondary N) is 1. The van der Waals surface area contributed by atoms with Crippen molar-refractivity contribution >= 4 is 11.7 Å². The molecule has 3 N–H and O–H groups in total. The van der Waals surface area contributed by atoms with Crippen LogP contribution in [0.25, 0.3) is 0 Å². The molecular formula is C9H20N2O2. The van der Waals surface area contributed by atoms with Gasteiger partial charge in [-0.05, 0) is 13.5 Å². The van der Waals surface area contributed by atoms with Crippen molar-refractivity contribution in [3.63, 3.8) is 0 Å². The van der Waals surface area contributed by atoms with Gasteiger partial charge in [0.2, 0.25) is 5.78 Å². The summed E-state index contributed by atoms with van der Waals surface area (Å²) in [6, 6.07) is -0.405. The van der Waals surface area contributed by atoms with Crippen LogP contribution in [0.3, 0.4) is 0 Å². The Morgan fingerprint density at radius 3 is 2.08 bits per heavy atom. The van der Waals surface area contributed by atoms with E-state index in [1.807, 2.05) is 20.8 Å². The lowest BCUT2D eigenvalue weighted by molar-refractivity contribution is -0.137. The third kappa shape index (κ3) is 6.28. The summed E-state index contributed by atoms with van der Waals surface area (Å²) in [6.07, 6.45) is 1.50. The molecule has 4 heteroatoms. The highest BCUT2D eigenvalue weighted by Gasteiger charge is 2.19. The highest BCUT2D eigenvalue weighted by molar-refractivity contribution is 6.37. The first kappa shape index (κ1) is 14.6. The maximum absolute atomic E-state index is 10.9. The van der Waals surface area contributed by atoms with Gasteiger partial charge in [-0.15, -0.1) is 0 Å². The lowest BCUT2D eigenvalue weighted by Crippen LogP contribution is -2.41. The normalized spacial score (nSPS) is 11.1. The Kier molecular flexibility index (Phi) is 10.3. The predicted molar refractivity (Wildman–Crippen MR) is 53.3 cm³/mol. The van der Waals surface area contributed by atoms with Crippen LogP contribution in [0.15, 0.2) is 0 Å². The third-order valence-electron chi connectivity index (χ3n) is 1.49. The van der Waals surface area contributed by atoms with Crippen LogP contribution >= 0.6 is 0 Å². The van der Waals surface area contributed by atoms with E-state index >= 15 is 0 Å². The van der Waals surface area contributed by atoms with Gasteiger partial charge in [-0.2, -0.15) is 0 Å². The quantitative estimate of drug-likeness (QED) is 0.615. The number of ketones is 1. The van der Waals surface area contributed by atoms with Crippen LogP contribution in [0.2, 0.25) is 0 Å². The summed E-state index contributed by atoms with van der Waals surface area (Å²) in [5.41, 5.74) is 4.81. The molecule has 0 bridgehead atoms. The molecule has 0 aliphatic carbocycles. The molecule has 78 valence electrons. The molecular weight excluding hydrogens is 168 g/mol. The van der Waals surface area contributed by atoms with Crippen LogP contribution < -0.4 is 11.1 Å². The number of Topliss-reactive ketones (excluding diaryl/α,β-unsaturated/α-hetero) is 1. The molecule has 0 aromatic carbocycles. The summed E-state index contributed by atoms with van der Waals surface area (Å²) in [5.74, 6) is -1.40. The monoisotopic (exact) mass is 188 g/mol. The first-order chi connectivity index (χ1) is 6.13. The van der Waals surface area contributed by atoms with E-state index in [1.54, 1.807) is 7.05 Å². The average molecular weight is 188 g/mol. The highest BCUT2D eigenvalue weighted by atomic mass is 16.2. The minimum atomic E-state index is -0.863. The van der Waals surface area contributed by atoms with Gasteiger partial charge in [0.25, 0.3) is 5.91 Å². The molecule has 0 heterocycles. The predicted octanol–water partition coefficient (Wildman–Crippen LogP) is 0.455. The molecule has 0 rings (SSSR count). The molecule has 1 amide bonds. The zero-order chi connectivity index (χ0) is 10.9. The van der Waals surface area contributed by atoms with E-state index in [0.717, 1.165) is 6.42 Å². The summed E-state index contributed by atoms with van der Waals surface area (Å²) >= 11 is 0. The van der Waals surface area contributed by atoms with Gasteiger partial charge in [0.05, 0.1) is 6.04 Å². The first-order valence-electron chi connectivity index (χ1n) is 4.64. The minimum absolute atomic E-state index is 0.405. The van der Waals surface area contributed by atoms with Crippen LogP contribution in [-0.2, 0) is 9.59 Å². The maximum Gasteiger partial charge on any atom is 0.286 e. The number of carbonyl (C=O) groups excluding carboxylic acids is 2. The number of amides is 1. The summed E-state index contributed by atoms with van der Waals surface area (Å²) in [7, 11) is 1.64. The number of carbonyl (C=O) groups is 2. The van der Waals surface area contributed by atoms with E-state index in [2.05, 4.69) is 5.32 Å². The smallest absolute Gasteiger partial charge is 0.286 e. The van der Waals surface area contributed by atoms with Crippen LogP contribution in [0.5, 0.6) is 0 Å². The fourth-order valence-corrected chi connectivity index (χ4v) is 0.867. The van der Waals surface area contributed by atoms with Crippen molar-refractivity contribution in [1.29, 1.82) is 0 Å². The number of likely N-dealkylation sites (N-methyl/N-ethyl adjacent to an activating group) is 1. The summed E-state index contributed by atoms with van der Waals surface area (Å²) in [5, 5.41) is 2.73. The molecule has 0 saturated carbocycles.